The lowest BCUT2D eigenvalue weighted by Crippen LogP contribution is -2.36. The molecule has 0 bridgehead atoms. The maximum absolute atomic E-state index is 13.4. The van der Waals surface area contributed by atoms with Crippen molar-refractivity contribution in [3.8, 4) is 0 Å². The fourth-order valence-corrected chi connectivity index (χ4v) is 5.56. The third kappa shape index (κ3) is 9.04. The average Bonchev–Trinajstić information content (AvgIpc) is 2.81. The molecule has 0 fully saturated rings. The fourth-order valence-electron chi connectivity index (χ4n) is 4.03. The Balaban J connectivity index is 1.99. The molecule has 0 aromatic heterocycles. The summed E-state index contributed by atoms with van der Waals surface area (Å²) in [5.41, 5.74) is 3.84. The van der Waals surface area contributed by atoms with Gasteiger partial charge in [0.1, 0.15) is 0 Å². The van der Waals surface area contributed by atoms with E-state index < -0.39 is 9.52 Å². The Bertz CT molecular complexity index is 1080. The Labute approximate surface area is 212 Å². The van der Waals surface area contributed by atoms with Crippen LogP contribution >= 0.6 is 0 Å². The Morgan fingerprint density at radius 3 is 2.11 bits per heavy atom. The van der Waals surface area contributed by atoms with Crippen LogP contribution in [0.1, 0.15) is 51.7 Å². The van der Waals surface area contributed by atoms with Gasteiger partial charge >= 0.3 is 6.03 Å². The molecular weight excluding hydrogens is 454 g/mol. The first kappa shape index (κ1) is 28.4. The smallest absolute Gasteiger partial charge is 0.319 e. The van der Waals surface area contributed by atoms with Crippen LogP contribution in [0.3, 0.4) is 0 Å². The van der Waals surface area contributed by atoms with Crippen LogP contribution in [0, 0.1) is 0 Å². The summed E-state index contributed by atoms with van der Waals surface area (Å²) in [6, 6.07) is 15.0. The number of hydrogen-bond acceptors (Lipinski definition) is 3. The van der Waals surface area contributed by atoms with E-state index in [4.69, 9.17) is 0 Å². The van der Waals surface area contributed by atoms with Crippen molar-refractivity contribution in [2.24, 2.45) is 0 Å². The molecule has 0 aliphatic rings. The Morgan fingerprint density at radius 1 is 1.03 bits per heavy atom. The van der Waals surface area contributed by atoms with Gasteiger partial charge in [0.15, 0.2) is 0 Å². The minimum absolute atomic E-state index is 0.150. The van der Waals surface area contributed by atoms with E-state index in [1.807, 2.05) is 19.9 Å². The van der Waals surface area contributed by atoms with Crippen LogP contribution in [0.2, 0.25) is 0 Å². The van der Waals surface area contributed by atoms with Crippen LogP contribution in [0.5, 0.6) is 0 Å². The maximum Gasteiger partial charge on any atom is 0.319 e. The summed E-state index contributed by atoms with van der Waals surface area (Å²) >= 11 is 0. The number of rotatable bonds is 13. The molecule has 2 rings (SSSR count). The normalized spacial score (nSPS) is 14.3. The molecule has 35 heavy (non-hydrogen) atoms. The summed E-state index contributed by atoms with van der Waals surface area (Å²) in [7, 11) is -2.51. The maximum atomic E-state index is 13.4. The summed E-state index contributed by atoms with van der Waals surface area (Å²) in [6.07, 6.45) is 5.93. The van der Waals surface area contributed by atoms with Crippen molar-refractivity contribution in [2.45, 2.75) is 63.8 Å². The molecule has 0 aliphatic heterocycles. The lowest BCUT2D eigenvalue weighted by atomic mass is 10.1. The van der Waals surface area contributed by atoms with Crippen LogP contribution in [0.4, 0.5) is 10.5 Å². The summed E-state index contributed by atoms with van der Waals surface area (Å²) in [5.74, 6) is 4.40. The van der Waals surface area contributed by atoms with Crippen LogP contribution in [-0.4, -0.2) is 40.1 Å². The lowest BCUT2D eigenvalue weighted by Gasteiger charge is -2.21. The average molecular weight is 496 g/mol. The van der Waals surface area contributed by atoms with Gasteiger partial charge in [-0.15, -0.1) is 0 Å². The molecule has 2 aromatic rings. The number of nitrogens with zero attached hydrogens (tertiary/aromatic N) is 1. The van der Waals surface area contributed by atoms with Crippen molar-refractivity contribution in [1.29, 1.82) is 0 Å². The Morgan fingerprint density at radius 2 is 1.60 bits per heavy atom. The van der Waals surface area contributed by atoms with Gasteiger partial charge in [0.05, 0.1) is 6.04 Å². The standard InChI is InChI=1S/C29H41N3O2S/c1-7-19-32(20-8-2)21-24-11-13-25(14-12-24)22-35(6,34)28-17-15-27(16-18-28)31-29(33)30-23(5)26(9-3)10-4/h9-18,23H,3,6-8,19-22H2,1-2,4-5H3,(H2,30,31,33)/b26-10+. The topological polar surface area (TPSA) is 61.4 Å². The molecule has 5 nitrogen and oxygen atoms in total. The lowest BCUT2D eigenvalue weighted by molar-refractivity contribution is 0.250. The summed E-state index contributed by atoms with van der Waals surface area (Å²) in [4.78, 5) is 15.4. The van der Waals surface area contributed by atoms with Gasteiger partial charge in [-0.1, -0.05) is 56.8 Å². The molecule has 2 aromatic carbocycles. The van der Waals surface area contributed by atoms with E-state index in [0.29, 0.717) is 16.3 Å². The predicted octanol–water partition coefficient (Wildman–Crippen LogP) is 6.23. The largest absolute Gasteiger partial charge is 0.331 e. The van der Waals surface area contributed by atoms with E-state index in [0.717, 1.165) is 43.6 Å². The molecule has 0 spiro atoms. The zero-order valence-electron chi connectivity index (χ0n) is 21.7. The number of hydrogen-bond donors (Lipinski definition) is 2. The zero-order valence-corrected chi connectivity index (χ0v) is 22.5. The number of urea groups is 1. The highest BCUT2D eigenvalue weighted by molar-refractivity contribution is 7.99. The van der Waals surface area contributed by atoms with E-state index in [-0.39, 0.29) is 12.1 Å². The van der Waals surface area contributed by atoms with E-state index >= 15 is 0 Å². The molecule has 190 valence electrons. The molecular formula is C29H41N3O2S. The second-order valence-electron chi connectivity index (χ2n) is 8.89. The molecule has 2 atom stereocenters. The molecule has 0 saturated carbocycles. The van der Waals surface area contributed by atoms with Gasteiger partial charge in [-0.05, 0) is 86.6 Å². The van der Waals surface area contributed by atoms with Gasteiger partial charge in [-0.3, -0.25) is 9.11 Å². The number of allylic oxidation sites excluding steroid dienone is 1. The first-order valence-corrected chi connectivity index (χ1v) is 14.2. The fraction of sp³-hybridized carbons (Fsp3) is 0.379. The highest BCUT2D eigenvalue weighted by atomic mass is 32.2. The third-order valence-corrected chi connectivity index (χ3v) is 7.80. The number of carbonyl (C=O) groups excluding carboxylic acids is 1. The van der Waals surface area contributed by atoms with Crippen LogP contribution in [0.25, 0.3) is 0 Å². The second kappa shape index (κ2) is 13.9. The number of nitrogens with one attached hydrogen (secondary N) is 2. The highest BCUT2D eigenvalue weighted by Gasteiger charge is 2.12. The molecule has 0 radical (unpaired) electrons. The van der Waals surface area contributed by atoms with Gasteiger partial charge in [0.2, 0.25) is 0 Å². The van der Waals surface area contributed by atoms with Gasteiger partial charge in [0, 0.05) is 32.4 Å². The number of anilines is 1. The van der Waals surface area contributed by atoms with Gasteiger partial charge in [-0.2, -0.15) is 0 Å². The first-order valence-electron chi connectivity index (χ1n) is 12.3. The van der Waals surface area contributed by atoms with Crippen molar-refractivity contribution < 1.29 is 9.00 Å². The monoisotopic (exact) mass is 495 g/mol. The molecule has 0 aliphatic carbocycles. The minimum Gasteiger partial charge on any atom is -0.331 e. The number of benzene rings is 2. The van der Waals surface area contributed by atoms with Crippen LogP contribution in [-0.2, 0) is 21.8 Å². The Hall–Kier alpha value is -2.83. The highest BCUT2D eigenvalue weighted by Crippen LogP contribution is 2.20. The van der Waals surface area contributed by atoms with E-state index in [1.54, 1.807) is 30.3 Å². The van der Waals surface area contributed by atoms with Crippen LogP contribution in [0.15, 0.2) is 77.7 Å². The van der Waals surface area contributed by atoms with Crippen molar-refractivity contribution >= 4 is 27.1 Å². The second-order valence-corrected chi connectivity index (χ2v) is 11.3. The quantitative estimate of drug-likeness (QED) is 0.256. The first-order chi connectivity index (χ1) is 16.7. The van der Waals surface area contributed by atoms with E-state index in [2.05, 4.69) is 66.1 Å². The van der Waals surface area contributed by atoms with Crippen molar-refractivity contribution in [2.75, 3.05) is 18.4 Å². The minimum atomic E-state index is -2.51. The molecule has 0 saturated heterocycles. The molecule has 0 heterocycles. The van der Waals surface area contributed by atoms with E-state index in [1.165, 1.54) is 5.56 Å². The summed E-state index contributed by atoms with van der Waals surface area (Å²) in [5, 5.41) is 5.69. The van der Waals surface area contributed by atoms with Gasteiger partial charge in [0.25, 0.3) is 0 Å². The van der Waals surface area contributed by atoms with Crippen molar-refractivity contribution in [3.05, 3.63) is 84.0 Å². The Kier molecular flexibility index (Phi) is 11.3. The number of carbonyl (C=O) groups is 1. The van der Waals surface area contributed by atoms with Gasteiger partial charge in [-0.25, -0.2) is 4.79 Å². The molecule has 2 unspecified atom stereocenters. The van der Waals surface area contributed by atoms with Crippen molar-refractivity contribution in [3.63, 3.8) is 0 Å². The SMILES string of the molecule is C=C/C(=C\C)C(C)NC(=O)Nc1ccc(S(=C)(=O)Cc2ccc(CN(CCC)CCC)cc2)cc1. The van der Waals surface area contributed by atoms with Crippen LogP contribution < -0.4 is 10.6 Å². The molecule has 6 heteroatoms. The predicted molar refractivity (Wildman–Crippen MR) is 152 cm³/mol. The molecule has 2 N–H and O–H groups in total. The summed E-state index contributed by atoms with van der Waals surface area (Å²) < 4.78 is 13.4. The third-order valence-electron chi connectivity index (χ3n) is 5.87. The zero-order chi connectivity index (χ0) is 25.8. The van der Waals surface area contributed by atoms with Crippen molar-refractivity contribution in [1.82, 2.24) is 10.2 Å². The van der Waals surface area contributed by atoms with E-state index in [9.17, 15) is 9.00 Å². The van der Waals surface area contributed by atoms with Gasteiger partial charge < -0.3 is 10.6 Å². The molecule has 2 amide bonds. The summed E-state index contributed by atoms with van der Waals surface area (Å²) in [6.45, 7) is 15.1. The number of amides is 2.